The molecule has 0 aromatic rings. The van der Waals surface area contributed by atoms with E-state index >= 15 is 0 Å². The van der Waals surface area contributed by atoms with Crippen LogP contribution in [0.25, 0.3) is 0 Å². The highest BCUT2D eigenvalue weighted by molar-refractivity contribution is 6.74. The van der Waals surface area contributed by atoms with Crippen LogP contribution in [0, 0.1) is 34.5 Å². The van der Waals surface area contributed by atoms with E-state index in [0.29, 0.717) is 23.9 Å². The normalized spacial score (nSPS) is 46.5. The molecule has 5 rings (SSSR count). The molecule has 0 bridgehead atoms. The summed E-state index contributed by atoms with van der Waals surface area (Å²) in [6.45, 7) is 32.6. The van der Waals surface area contributed by atoms with E-state index in [9.17, 15) is 5.11 Å². The molecule has 1 N–H and O–H groups in total. The largest absolute Gasteiger partial charge is 0.414 e. The lowest BCUT2D eigenvalue weighted by Gasteiger charge is -2.65. The lowest BCUT2D eigenvalue weighted by molar-refractivity contribution is -0.226. The topological polar surface area (TPSA) is 57.2 Å². The monoisotopic (exact) mass is 608 g/mol. The smallest absolute Gasteiger partial charge is 0.192 e. The first-order valence-electron chi connectivity index (χ1n) is 16.8. The highest BCUT2D eigenvalue weighted by atomic mass is 28.4. The quantitative estimate of drug-likeness (QED) is 0.324. The molecule has 1 aliphatic heterocycles. The van der Waals surface area contributed by atoms with E-state index in [1.54, 1.807) is 0 Å². The fraction of sp³-hybridized carbons (Fsp3) is 1.00. The Kier molecular flexibility index (Phi) is 7.85. The molecule has 0 aromatic heterocycles. The molecule has 41 heavy (non-hydrogen) atoms. The molecular formula is C34H64O5Si2. The van der Waals surface area contributed by atoms with E-state index < -0.39 is 22.4 Å². The van der Waals surface area contributed by atoms with Crippen LogP contribution in [0.3, 0.4) is 0 Å². The molecule has 5 unspecified atom stereocenters. The van der Waals surface area contributed by atoms with Gasteiger partial charge in [0.15, 0.2) is 22.4 Å². The van der Waals surface area contributed by atoms with Crippen molar-refractivity contribution in [2.75, 3.05) is 0 Å². The zero-order valence-corrected chi connectivity index (χ0v) is 31.0. The Morgan fingerprint density at radius 3 is 1.85 bits per heavy atom. The highest BCUT2D eigenvalue weighted by Gasteiger charge is 2.71. The van der Waals surface area contributed by atoms with Crippen molar-refractivity contribution in [1.29, 1.82) is 0 Å². The van der Waals surface area contributed by atoms with Crippen LogP contribution in [0.5, 0.6) is 0 Å². The van der Waals surface area contributed by atoms with Crippen LogP contribution in [0.2, 0.25) is 36.3 Å². The van der Waals surface area contributed by atoms with Gasteiger partial charge in [0.1, 0.15) is 0 Å². The average Bonchev–Trinajstić information content (AvgIpc) is 3.29. The van der Waals surface area contributed by atoms with Gasteiger partial charge >= 0.3 is 0 Å². The molecule has 7 heteroatoms. The molecule has 4 saturated carbocycles. The number of hydrogen-bond acceptors (Lipinski definition) is 5. The molecule has 0 radical (unpaired) electrons. The Hall–Kier alpha value is 0.234. The SMILES string of the molecule is CC1(C)O[C@@H]2C3C(CC[C@@]4(C)C3CC[C@@H]4O[Si](C)(C)C(C)(C)C)[C@]3(C)C(CC(O[Si](C)(C)C(C)(C)C)C[C@@H]3O)[C@H]2O1. The van der Waals surface area contributed by atoms with E-state index in [-0.39, 0.29) is 51.2 Å². The molecule has 1 heterocycles. The lowest BCUT2D eigenvalue weighted by atomic mass is 9.43. The average molecular weight is 609 g/mol. The second-order valence-corrected chi connectivity index (χ2v) is 28.3. The van der Waals surface area contributed by atoms with E-state index in [4.69, 9.17) is 18.3 Å². The molecule has 4 aliphatic carbocycles. The first-order chi connectivity index (χ1) is 18.4. The van der Waals surface area contributed by atoms with Gasteiger partial charge in [0.25, 0.3) is 0 Å². The highest BCUT2D eigenvalue weighted by Crippen LogP contribution is 2.69. The van der Waals surface area contributed by atoms with Gasteiger partial charge in [-0.1, -0.05) is 55.4 Å². The summed E-state index contributed by atoms with van der Waals surface area (Å²) in [6.07, 6.45) is 6.43. The van der Waals surface area contributed by atoms with Gasteiger partial charge in [0.05, 0.1) is 24.4 Å². The molecule has 0 aromatic carbocycles. The fourth-order valence-electron chi connectivity index (χ4n) is 9.57. The third kappa shape index (κ3) is 5.11. The van der Waals surface area contributed by atoms with E-state index in [2.05, 4.69) is 95.4 Å². The zero-order chi connectivity index (χ0) is 30.8. The summed E-state index contributed by atoms with van der Waals surface area (Å²) >= 11 is 0. The molecule has 0 spiro atoms. The van der Waals surface area contributed by atoms with Crippen LogP contribution in [-0.2, 0) is 18.3 Å². The number of aliphatic hydroxyl groups excluding tert-OH is 1. The van der Waals surface area contributed by atoms with Crippen molar-refractivity contribution in [3.8, 4) is 0 Å². The Bertz CT molecular complexity index is 998. The number of rotatable bonds is 4. The fourth-order valence-corrected chi connectivity index (χ4v) is 12.4. The van der Waals surface area contributed by atoms with Crippen LogP contribution >= 0.6 is 0 Å². The Balaban J connectivity index is 1.47. The van der Waals surface area contributed by atoms with Gasteiger partial charge in [0.2, 0.25) is 0 Å². The summed E-state index contributed by atoms with van der Waals surface area (Å²) in [6, 6.07) is 0. The van der Waals surface area contributed by atoms with Crippen LogP contribution in [0.1, 0.15) is 108 Å². The van der Waals surface area contributed by atoms with E-state index in [1.165, 1.54) is 12.8 Å². The predicted molar refractivity (Wildman–Crippen MR) is 172 cm³/mol. The van der Waals surface area contributed by atoms with Gasteiger partial charge in [-0.2, -0.15) is 0 Å². The minimum atomic E-state index is -1.96. The Labute approximate surface area is 254 Å². The van der Waals surface area contributed by atoms with Crippen LogP contribution in [0.15, 0.2) is 0 Å². The van der Waals surface area contributed by atoms with E-state index in [1.807, 2.05) is 0 Å². The molecule has 5 fully saturated rings. The molecule has 238 valence electrons. The van der Waals surface area contributed by atoms with Crippen LogP contribution in [-0.4, -0.2) is 58.0 Å². The van der Waals surface area contributed by atoms with Crippen molar-refractivity contribution >= 4 is 16.6 Å². The van der Waals surface area contributed by atoms with Gasteiger partial charge < -0.3 is 23.4 Å². The Morgan fingerprint density at radius 2 is 1.27 bits per heavy atom. The summed E-state index contributed by atoms with van der Waals surface area (Å²) in [5.41, 5.74) is -0.0449. The lowest BCUT2D eigenvalue weighted by Crippen LogP contribution is -2.67. The molecule has 0 amide bonds. The van der Waals surface area contributed by atoms with Crippen LogP contribution < -0.4 is 0 Å². The second kappa shape index (κ2) is 9.86. The first kappa shape index (κ1) is 32.6. The number of hydrogen-bond donors (Lipinski definition) is 1. The van der Waals surface area contributed by atoms with Crippen molar-refractivity contribution in [1.82, 2.24) is 0 Å². The minimum absolute atomic E-state index is 0.000532. The van der Waals surface area contributed by atoms with Crippen LogP contribution in [0.4, 0.5) is 0 Å². The first-order valence-corrected chi connectivity index (χ1v) is 22.7. The van der Waals surface area contributed by atoms with Crippen molar-refractivity contribution in [3.05, 3.63) is 0 Å². The van der Waals surface area contributed by atoms with Crippen molar-refractivity contribution in [2.45, 2.75) is 180 Å². The predicted octanol–water partition coefficient (Wildman–Crippen LogP) is 8.52. The summed E-state index contributed by atoms with van der Waals surface area (Å²) in [5, 5.41) is 12.5. The van der Waals surface area contributed by atoms with Gasteiger partial charge in [-0.15, -0.1) is 0 Å². The van der Waals surface area contributed by atoms with Gasteiger partial charge in [0, 0.05) is 11.5 Å². The second-order valence-electron chi connectivity index (χ2n) is 18.8. The third-order valence-corrected chi connectivity index (χ3v) is 23.0. The number of aliphatic hydroxyl groups is 1. The van der Waals surface area contributed by atoms with Crippen molar-refractivity contribution < 1.29 is 23.4 Å². The summed E-state index contributed by atoms with van der Waals surface area (Å²) in [5.74, 6) is 0.987. The van der Waals surface area contributed by atoms with Gasteiger partial charge in [-0.25, -0.2) is 0 Å². The molecular weight excluding hydrogens is 545 g/mol. The number of fused-ring (bicyclic) bond motifs is 8. The molecule has 5 nitrogen and oxygen atoms in total. The molecule has 11 atom stereocenters. The van der Waals surface area contributed by atoms with Gasteiger partial charge in [-0.3, -0.25) is 0 Å². The molecule has 5 aliphatic rings. The Morgan fingerprint density at radius 1 is 0.707 bits per heavy atom. The molecule has 1 saturated heterocycles. The zero-order valence-electron chi connectivity index (χ0n) is 29.0. The summed E-state index contributed by atoms with van der Waals surface area (Å²) in [7, 11) is -3.85. The van der Waals surface area contributed by atoms with E-state index in [0.717, 1.165) is 25.7 Å². The van der Waals surface area contributed by atoms with Crippen molar-refractivity contribution in [3.63, 3.8) is 0 Å². The summed E-state index contributed by atoms with van der Waals surface area (Å²) in [4.78, 5) is 0. The van der Waals surface area contributed by atoms with Crippen molar-refractivity contribution in [2.24, 2.45) is 34.5 Å². The maximum Gasteiger partial charge on any atom is 0.192 e. The summed E-state index contributed by atoms with van der Waals surface area (Å²) < 4.78 is 28.0. The van der Waals surface area contributed by atoms with Gasteiger partial charge in [-0.05, 0) is 118 Å². The maximum absolute atomic E-state index is 12.1. The maximum atomic E-state index is 12.1. The third-order valence-electron chi connectivity index (χ3n) is 14.0. The standard InChI is InChI=1S/C34H64O5Si2/c1-30(2,3)40(11,12)38-21-19-24-28-29(37-32(7,8)36-28)27-22-15-16-26(39-41(13,14)31(4,5)6)33(22,9)18-17-23(27)34(24,10)25(35)20-21/h21-29,35H,15-20H2,1-14H3/t21?,22?,23?,24?,25-,26-,27?,28+,29+,33-,34+/m0/s1. The number of ether oxygens (including phenoxy) is 2. The minimum Gasteiger partial charge on any atom is -0.414 e.